The monoisotopic (exact) mass is 382 g/mol. The lowest BCUT2D eigenvalue weighted by atomic mass is 10.2. The lowest BCUT2D eigenvalue weighted by Crippen LogP contribution is -1.81. The van der Waals surface area contributed by atoms with E-state index in [0.29, 0.717) is 10.6 Å². The molecule has 0 N–H and O–H groups in total. The minimum Gasteiger partial charge on any atom is -0.465 e. The summed E-state index contributed by atoms with van der Waals surface area (Å²) < 4.78 is 6.24. The van der Waals surface area contributed by atoms with Gasteiger partial charge in [-0.3, -0.25) is 0 Å². The van der Waals surface area contributed by atoms with Gasteiger partial charge in [-0.05, 0) is 36.4 Å². The van der Waals surface area contributed by atoms with Gasteiger partial charge in [0.25, 0.3) is 0 Å². The van der Waals surface area contributed by atoms with E-state index < -0.39 is 0 Å². The molecule has 5 heteroatoms. The van der Waals surface area contributed by atoms with Crippen molar-refractivity contribution in [2.24, 2.45) is 0 Å². The zero-order chi connectivity index (χ0) is 16.1. The van der Waals surface area contributed by atoms with Gasteiger partial charge in [-0.25, -0.2) is 4.98 Å². The van der Waals surface area contributed by atoms with Crippen LogP contribution in [0.4, 0.5) is 0 Å². The van der Waals surface area contributed by atoms with Crippen molar-refractivity contribution in [3.63, 3.8) is 0 Å². The molecule has 0 atom stereocenters. The summed E-state index contributed by atoms with van der Waals surface area (Å²) in [5.41, 5.74) is 2.42. The van der Waals surface area contributed by atoms with Crippen LogP contribution in [0.2, 0.25) is 0 Å². The summed E-state index contributed by atoms with van der Waals surface area (Å²) in [4.78, 5) is 4.55. The average molecular weight is 383 g/mol. The van der Waals surface area contributed by atoms with Crippen molar-refractivity contribution in [3.05, 3.63) is 75.4 Å². The van der Waals surface area contributed by atoms with E-state index >= 15 is 0 Å². The van der Waals surface area contributed by atoms with Crippen LogP contribution in [0.1, 0.15) is 10.8 Å². The van der Waals surface area contributed by atoms with E-state index in [4.69, 9.17) is 4.42 Å². The van der Waals surface area contributed by atoms with Crippen molar-refractivity contribution in [1.82, 2.24) is 4.98 Å². The number of nitrogens with zero attached hydrogens (tertiary/aromatic N) is 2. The summed E-state index contributed by atoms with van der Waals surface area (Å²) in [6.45, 7) is 0. The molecule has 0 spiro atoms. The molecule has 0 saturated carbocycles. The first-order chi connectivity index (χ1) is 11.3. The average Bonchev–Trinajstić information content (AvgIpc) is 3.24. The number of nitriles is 1. The predicted molar refractivity (Wildman–Crippen MR) is 96.6 cm³/mol. The SMILES string of the molecule is N#C/C(=C\C=C\c1ccco1)c1nc(-c2ccc(Br)cc2)cs1. The van der Waals surface area contributed by atoms with E-state index in [1.54, 1.807) is 24.5 Å². The summed E-state index contributed by atoms with van der Waals surface area (Å²) in [5, 5.41) is 12.0. The molecule has 1 aromatic carbocycles. The van der Waals surface area contributed by atoms with Gasteiger partial charge in [0.15, 0.2) is 0 Å². The molecule has 0 radical (unpaired) electrons. The van der Waals surface area contributed by atoms with Crippen molar-refractivity contribution < 1.29 is 4.42 Å². The van der Waals surface area contributed by atoms with E-state index in [2.05, 4.69) is 27.0 Å². The molecule has 0 aliphatic carbocycles. The Kier molecular flexibility index (Phi) is 4.86. The van der Waals surface area contributed by atoms with Gasteiger partial charge in [0.2, 0.25) is 0 Å². The Morgan fingerprint density at radius 1 is 1.26 bits per heavy atom. The molecule has 2 heterocycles. The molecular weight excluding hydrogens is 372 g/mol. The standard InChI is InChI=1S/C18H11BrN2OS/c19-15-8-6-13(7-9-15)17-12-23-18(21-17)14(11-20)3-1-4-16-5-2-10-22-16/h1-10,12H/b4-1+,14-3+. The molecule has 0 amide bonds. The van der Waals surface area contributed by atoms with Crippen molar-refractivity contribution >= 4 is 38.9 Å². The van der Waals surface area contributed by atoms with Gasteiger partial charge in [0.05, 0.1) is 17.5 Å². The van der Waals surface area contributed by atoms with Crippen LogP contribution in [0.3, 0.4) is 0 Å². The lowest BCUT2D eigenvalue weighted by molar-refractivity contribution is 0.557. The Morgan fingerprint density at radius 2 is 2.09 bits per heavy atom. The Morgan fingerprint density at radius 3 is 2.78 bits per heavy atom. The minimum atomic E-state index is 0.529. The van der Waals surface area contributed by atoms with Gasteiger partial charge in [0, 0.05) is 15.4 Å². The minimum absolute atomic E-state index is 0.529. The third kappa shape index (κ3) is 3.86. The predicted octanol–water partition coefficient (Wildman–Crippen LogP) is 5.79. The maximum Gasteiger partial charge on any atom is 0.134 e. The van der Waals surface area contributed by atoms with E-state index in [0.717, 1.165) is 21.5 Å². The van der Waals surface area contributed by atoms with E-state index in [9.17, 15) is 5.26 Å². The van der Waals surface area contributed by atoms with Gasteiger partial charge >= 0.3 is 0 Å². The molecule has 3 rings (SSSR count). The van der Waals surface area contributed by atoms with Crippen molar-refractivity contribution in [3.8, 4) is 17.3 Å². The second-order valence-corrected chi connectivity index (χ2v) is 6.39. The highest BCUT2D eigenvalue weighted by atomic mass is 79.9. The van der Waals surface area contributed by atoms with E-state index in [1.807, 2.05) is 41.8 Å². The van der Waals surface area contributed by atoms with Crippen molar-refractivity contribution in [2.45, 2.75) is 0 Å². The highest BCUT2D eigenvalue weighted by Gasteiger charge is 2.08. The van der Waals surface area contributed by atoms with Gasteiger partial charge < -0.3 is 4.42 Å². The topological polar surface area (TPSA) is 49.8 Å². The molecule has 0 saturated heterocycles. The van der Waals surface area contributed by atoms with Crippen LogP contribution in [-0.4, -0.2) is 4.98 Å². The number of furan rings is 1. The number of halogens is 1. The fourth-order valence-electron chi connectivity index (χ4n) is 1.93. The maximum atomic E-state index is 9.34. The van der Waals surface area contributed by atoms with Crippen LogP contribution in [-0.2, 0) is 0 Å². The van der Waals surface area contributed by atoms with Crippen LogP contribution < -0.4 is 0 Å². The number of rotatable bonds is 4. The van der Waals surface area contributed by atoms with Crippen LogP contribution in [0.25, 0.3) is 22.9 Å². The molecule has 3 nitrogen and oxygen atoms in total. The Labute approximate surface area is 146 Å². The number of hydrogen-bond donors (Lipinski definition) is 0. The van der Waals surface area contributed by atoms with Crippen LogP contribution in [0.5, 0.6) is 0 Å². The molecule has 23 heavy (non-hydrogen) atoms. The highest BCUT2D eigenvalue weighted by molar-refractivity contribution is 9.10. The Balaban J connectivity index is 1.82. The fraction of sp³-hybridized carbons (Fsp3) is 0. The van der Waals surface area contributed by atoms with E-state index in [1.165, 1.54) is 11.3 Å². The van der Waals surface area contributed by atoms with Crippen LogP contribution >= 0.6 is 27.3 Å². The molecule has 0 unspecified atom stereocenters. The highest BCUT2D eigenvalue weighted by Crippen LogP contribution is 2.27. The third-order valence-electron chi connectivity index (χ3n) is 3.06. The maximum absolute atomic E-state index is 9.34. The third-order valence-corrected chi connectivity index (χ3v) is 4.47. The van der Waals surface area contributed by atoms with Gasteiger partial charge in [-0.1, -0.05) is 34.1 Å². The molecule has 112 valence electrons. The molecule has 0 aliphatic heterocycles. The largest absolute Gasteiger partial charge is 0.465 e. The molecular formula is C18H11BrN2OS. The summed E-state index contributed by atoms with van der Waals surface area (Å²) in [7, 11) is 0. The first-order valence-corrected chi connectivity index (χ1v) is 8.47. The number of hydrogen-bond acceptors (Lipinski definition) is 4. The zero-order valence-corrected chi connectivity index (χ0v) is 14.3. The number of allylic oxidation sites excluding steroid dienone is 3. The van der Waals surface area contributed by atoms with Gasteiger partial charge in [-0.2, -0.15) is 5.26 Å². The summed E-state index contributed by atoms with van der Waals surface area (Å²) in [6, 6.07) is 13.8. The van der Waals surface area contributed by atoms with E-state index in [-0.39, 0.29) is 0 Å². The number of aromatic nitrogens is 1. The number of thiazole rings is 1. The van der Waals surface area contributed by atoms with Crippen LogP contribution in [0.15, 0.2) is 69.1 Å². The second-order valence-electron chi connectivity index (χ2n) is 4.61. The van der Waals surface area contributed by atoms with Crippen LogP contribution in [0, 0.1) is 11.3 Å². The van der Waals surface area contributed by atoms with Gasteiger partial charge in [0.1, 0.15) is 16.8 Å². The smallest absolute Gasteiger partial charge is 0.134 e. The van der Waals surface area contributed by atoms with Crippen molar-refractivity contribution in [1.29, 1.82) is 5.26 Å². The number of benzene rings is 1. The molecule has 0 bridgehead atoms. The molecule has 0 aliphatic rings. The first-order valence-electron chi connectivity index (χ1n) is 6.80. The Bertz CT molecular complexity index is 884. The molecule has 2 aromatic heterocycles. The van der Waals surface area contributed by atoms with Gasteiger partial charge in [-0.15, -0.1) is 11.3 Å². The first kappa shape index (κ1) is 15.5. The summed E-state index contributed by atoms with van der Waals surface area (Å²) in [5.74, 6) is 0.744. The molecule has 3 aromatic rings. The summed E-state index contributed by atoms with van der Waals surface area (Å²) >= 11 is 4.88. The Hall–Kier alpha value is -2.42. The zero-order valence-electron chi connectivity index (χ0n) is 11.9. The normalized spacial score (nSPS) is 11.7. The fourth-order valence-corrected chi connectivity index (χ4v) is 3.00. The summed E-state index contributed by atoms with van der Waals surface area (Å²) in [6.07, 6.45) is 6.95. The molecule has 0 fully saturated rings. The lowest BCUT2D eigenvalue weighted by Gasteiger charge is -1.96. The second kappa shape index (κ2) is 7.23. The quantitative estimate of drug-likeness (QED) is 0.424. The van der Waals surface area contributed by atoms with Crippen molar-refractivity contribution in [2.75, 3.05) is 0 Å².